The van der Waals surface area contributed by atoms with Crippen LogP contribution in [0.15, 0.2) is 102 Å². The Morgan fingerprint density at radius 3 is 2.25 bits per heavy atom. The predicted octanol–water partition coefficient (Wildman–Crippen LogP) is 6.03. The van der Waals surface area contributed by atoms with E-state index in [0.29, 0.717) is 11.5 Å². The number of aromatic nitrogens is 1. The molecule has 0 radical (unpaired) electrons. The van der Waals surface area contributed by atoms with Gasteiger partial charge in [-0.2, -0.15) is 0 Å². The second-order valence-corrected chi connectivity index (χ2v) is 6.19. The fraction of sp³-hybridized carbons (Fsp3) is 0.0417. The molecular formula is C24H20N2O2. The first-order valence-corrected chi connectivity index (χ1v) is 9.00. The van der Waals surface area contributed by atoms with Gasteiger partial charge in [-0.25, -0.2) is 0 Å². The SMILES string of the molecule is COc1ccccc1Oc1ccc(N=Cc2ccn(-c3ccccc3)c2)cc1. The van der Waals surface area contributed by atoms with Crippen LogP contribution in [0.3, 0.4) is 0 Å². The number of ether oxygens (including phenoxy) is 2. The maximum absolute atomic E-state index is 5.89. The Hall–Kier alpha value is -3.79. The molecule has 0 saturated heterocycles. The van der Waals surface area contributed by atoms with E-state index in [2.05, 4.69) is 27.9 Å². The second kappa shape index (κ2) is 8.27. The molecule has 4 rings (SSSR count). The fourth-order valence-electron chi connectivity index (χ4n) is 2.83. The largest absolute Gasteiger partial charge is 0.493 e. The quantitative estimate of drug-likeness (QED) is 0.390. The van der Waals surface area contributed by atoms with Crippen molar-refractivity contribution in [2.45, 2.75) is 0 Å². The van der Waals surface area contributed by atoms with Crippen molar-refractivity contribution in [1.29, 1.82) is 0 Å². The molecule has 28 heavy (non-hydrogen) atoms. The lowest BCUT2D eigenvalue weighted by Crippen LogP contribution is -1.89. The van der Waals surface area contributed by atoms with Crippen molar-refractivity contribution in [3.8, 4) is 22.9 Å². The van der Waals surface area contributed by atoms with Gasteiger partial charge in [0.25, 0.3) is 0 Å². The van der Waals surface area contributed by atoms with E-state index < -0.39 is 0 Å². The van der Waals surface area contributed by atoms with Crippen molar-refractivity contribution in [3.05, 3.63) is 103 Å². The lowest BCUT2D eigenvalue weighted by molar-refractivity contribution is 0.379. The molecule has 4 aromatic rings. The number of benzene rings is 3. The minimum Gasteiger partial charge on any atom is -0.493 e. The third-order valence-electron chi connectivity index (χ3n) is 4.27. The summed E-state index contributed by atoms with van der Waals surface area (Å²) in [7, 11) is 1.63. The molecule has 1 aromatic heterocycles. The minimum absolute atomic E-state index is 0.684. The minimum atomic E-state index is 0.684. The van der Waals surface area contributed by atoms with Crippen LogP contribution in [-0.4, -0.2) is 17.9 Å². The van der Waals surface area contributed by atoms with Crippen LogP contribution >= 0.6 is 0 Å². The Kier molecular flexibility index (Phi) is 5.20. The number of methoxy groups -OCH3 is 1. The van der Waals surface area contributed by atoms with Crippen LogP contribution in [0, 0.1) is 0 Å². The van der Waals surface area contributed by atoms with E-state index in [1.165, 1.54) is 0 Å². The first-order valence-electron chi connectivity index (χ1n) is 9.00. The Morgan fingerprint density at radius 2 is 1.50 bits per heavy atom. The molecular weight excluding hydrogens is 348 g/mol. The highest BCUT2D eigenvalue weighted by Gasteiger charge is 2.04. The molecule has 0 atom stereocenters. The average Bonchev–Trinajstić information content (AvgIpc) is 3.23. The highest BCUT2D eigenvalue weighted by Crippen LogP contribution is 2.31. The van der Waals surface area contributed by atoms with Gasteiger partial charge in [0.2, 0.25) is 0 Å². The van der Waals surface area contributed by atoms with E-state index in [-0.39, 0.29) is 0 Å². The third kappa shape index (κ3) is 4.13. The molecule has 0 aliphatic carbocycles. The molecule has 1 heterocycles. The first kappa shape index (κ1) is 17.6. The zero-order valence-electron chi connectivity index (χ0n) is 15.5. The van der Waals surface area contributed by atoms with Crippen molar-refractivity contribution < 1.29 is 9.47 Å². The molecule has 0 amide bonds. The van der Waals surface area contributed by atoms with E-state index in [0.717, 1.165) is 22.7 Å². The summed E-state index contributed by atoms with van der Waals surface area (Å²) in [5, 5.41) is 0. The van der Waals surface area contributed by atoms with Crippen LogP contribution in [0.2, 0.25) is 0 Å². The number of hydrogen-bond donors (Lipinski definition) is 0. The van der Waals surface area contributed by atoms with Crippen molar-refractivity contribution in [2.75, 3.05) is 7.11 Å². The summed E-state index contributed by atoms with van der Waals surface area (Å²) >= 11 is 0. The van der Waals surface area contributed by atoms with Crippen LogP contribution in [0.1, 0.15) is 5.56 Å². The average molecular weight is 368 g/mol. The third-order valence-corrected chi connectivity index (χ3v) is 4.27. The molecule has 0 aliphatic heterocycles. The summed E-state index contributed by atoms with van der Waals surface area (Å²) < 4.78 is 13.3. The molecule has 138 valence electrons. The maximum atomic E-state index is 5.89. The van der Waals surface area contributed by atoms with Crippen molar-refractivity contribution >= 4 is 11.9 Å². The summed E-state index contributed by atoms with van der Waals surface area (Å²) in [4.78, 5) is 4.55. The van der Waals surface area contributed by atoms with Gasteiger partial charge in [0, 0.05) is 29.9 Å². The van der Waals surface area contributed by atoms with E-state index in [9.17, 15) is 0 Å². The normalized spacial score (nSPS) is 10.9. The van der Waals surface area contributed by atoms with Crippen LogP contribution in [0.25, 0.3) is 5.69 Å². The molecule has 0 unspecified atom stereocenters. The summed E-state index contributed by atoms with van der Waals surface area (Å²) in [6.07, 6.45) is 5.94. The fourth-order valence-corrected chi connectivity index (χ4v) is 2.83. The van der Waals surface area contributed by atoms with Crippen LogP contribution in [-0.2, 0) is 0 Å². The molecule has 0 fully saturated rings. The van der Waals surface area contributed by atoms with Gasteiger partial charge < -0.3 is 14.0 Å². The van der Waals surface area contributed by atoms with Crippen molar-refractivity contribution in [3.63, 3.8) is 0 Å². The number of aliphatic imine (C=N–C) groups is 1. The monoisotopic (exact) mass is 368 g/mol. The van der Waals surface area contributed by atoms with Gasteiger partial charge in [0.15, 0.2) is 11.5 Å². The van der Waals surface area contributed by atoms with Gasteiger partial charge in [-0.05, 0) is 54.6 Å². The molecule has 0 spiro atoms. The zero-order chi connectivity index (χ0) is 19.2. The zero-order valence-corrected chi connectivity index (χ0v) is 15.5. The Balaban J connectivity index is 1.44. The first-order chi connectivity index (χ1) is 13.8. The van der Waals surface area contributed by atoms with Gasteiger partial charge >= 0.3 is 0 Å². The van der Waals surface area contributed by atoms with Crippen LogP contribution in [0.5, 0.6) is 17.2 Å². The Morgan fingerprint density at radius 1 is 0.786 bits per heavy atom. The standard InChI is InChI=1S/C24H20N2O2/c1-27-23-9-5-6-10-24(23)28-22-13-11-20(12-14-22)25-17-19-15-16-26(18-19)21-7-3-2-4-8-21/h2-18H,1H3. The molecule has 0 N–H and O–H groups in total. The maximum Gasteiger partial charge on any atom is 0.169 e. The Bertz CT molecular complexity index is 1070. The summed E-state index contributed by atoms with van der Waals surface area (Å²) in [5.74, 6) is 2.12. The molecule has 0 aliphatic rings. The number of nitrogens with zero attached hydrogens (tertiary/aromatic N) is 2. The van der Waals surface area contributed by atoms with Gasteiger partial charge in [-0.15, -0.1) is 0 Å². The van der Waals surface area contributed by atoms with Gasteiger partial charge in [-0.3, -0.25) is 4.99 Å². The van der Waals surface area contributed by atoms with E-state index in [4.69, 9.17) is 9.47 Å². The van der Waals surface area contributed by atoms with Crippen molar-refractivity contribution in [1.82, 2.24) is 4.57 Å². The predicted molar refractivity (Wildman–Crippen MR) is 113 cm³/mol. The van der Waals surface area contributed by atoms with E-state index in [1.54, 1.807) is 7.11 Å². The van der Waals surface area contributed by atoms with Crippen LogP contribution in [0.4, 0.5) is 5.69 Å². The molecule has 4 heteroatoms. The Labute approximate surface area is 164 Å². The van der Waals surface area contributed by atoms with Crippen LogP contribution < -0.4 is 9.47 Å². The number of para-hydroxylation sites is 3. The van der Waals surface area contributed by atoms with Gasteiger partial charge in [0.1, 0.15) is 5.75 Å². The summed E-state index contributed by atoms with van der Waals surface area (Å²) in [5.41, 5.74) is 3.03. The highest BCUT2D eigenvalue weighted by atomic mass is 16.5. The smallest absolute Gasteiger partial charge is 0.169 e. The second-order valence-electron chi connectivity index (χ2n) is 6.19. The topological polar surface area (TPSA) is 35.8 Å². The molecule has 3 aromatic carbocycles. The van der Waals surface area contributed by atoms with E-state index >= 15 is 0 Å². The number of hydrogen-bond acceptors (Lipinski definition) is 3. The van der Waals surface area contributed by atoms with Crippen molar-refractivity contribution in [2.24, 2.45) is 4.99 Å². The molecule has 0 saturated carbocycles. The summed E-state index contributed by atoms with van der Waals surface area (Å²) in [6, 6.07) is 27.5. The van der Waals surface area contributed by atoms with Gasteiger partial charge in [-0.1, -0.05) is 30.3 Å². The summed E-state index contributed by atoms with van der Waals surface area (Å²) in [6.45, 7) is 0. The van der Waals surface area contributed by atoms with E-state index in [1.807, 2.05) is 85.2 Å². The number of rotatable bonds is 6. The highest BCUT2D eigenvalue weighted by molar-refractivity contribution is 5.81. The lowest BCUT2D eigenvalue weighted by atomic mass is 10.3. The lowest BCUT2D eigenvalue weighted by Gasteiger charge is -2.09. The molecule has 4 nitrogen and oxygen atoms in total. The molecule has 0 bridgehead atoms. The van der Waals surface area contributed by atoms with Gasteiger partial charge in [0.05, 0.1) is 12.8 Å².